The lowest BCUT2D eigenvalue weighted by Crippen LogP contribution is -2.16. The molecule has 21 rings (SSSR count). The summed E-state index contributed by atoms with van der Waals surface area (Å²) in [5, 5.41) is 36.3. The normalized spacial score (nSPS) is 11.8. The van der Waals surface area contributed by atoms with Gasteiger partial charge in [0.05, 0.1) is 66.9 Å². The minimum atomic E-state index is 0.371. The molecular weight excluding hydrogens is 1530 g/mol. The summed E-state index contributed by atoms with van der Waals surface area (Å²) in [5.41, 5.74) is 47.0. The Labute approximate surface area is 737 Å². The second-order valence-corrected chi connectivity index (χ2v) is 35.7. The van der Waals surface area contributed by atoms with Gasteiger partial charge in [0, 0.05) is 43.1 Å². The topological polar surface area (TPSA) is 67.3 Å². The number of hydrogen-bond acceptors (Lipinski definition) is 2. The Morgan fingerprint density at radius 2 is 0.270 bits per heavy atom. The highest BCUT2D eigenvalue weighted by molar-refractivity contribution is 6.19. The summed E-state index contributed by atoms with van der Waals surface area (Å²) in [5.74, 6) is 0. The fourth-order valence-electron chi connectivity index (χ4n) is 22.2. The third kappa shape index (κ3) is 12.0. The molecule has 0 saturated carbocycles. The van der Waals surface area contributed by atoms with Crippen LogP contribution in [0.25, 0.3) is 199 Å². The van der Waals surface area contributed by atoms with Crippen LogP contribution in [0.15, 0.2) is 291 Å². The number of nitriles is 2. The largest absolute Gasteiger partial charge is 0.306 e. The van der Waals surface area contributed by atoms with E-state index in [-0.39, 0.29) is 0 Å². The fourth-order valence-corrected chi connectivity index (χ4v) is 22.2. The van der Waals surface area contributed by atoms with Crippen molar-refractivity contribution in [2.24, 2.45) is 0 Å². The number of hydrogen-bond donors (Lipinski definition) is 0. The van der Waals surface area contributed by atoms with E-state index >= 15 is 0 Å². The number of aromatic nitrogens is 4. The zero-order valence-electron chi connectivity index (χ0n) is 74.4. The first kappa shape index (κ1) is 78.2. The van der Waals surface area contributed by atoms with Gasteiger partial charge >= 0.3 is 0 Å². The van der Waals surface area contributed by atoms with E-state index in [0.29, 0.717) is 33.9 Å². The van der Waals surface area contributed by atoms with Crippen molar-refractivity contribution in [1.82, 2.24) is 18.3 Å². The van der Waals surface area contributed by atoms with Crippen molar-refractivity contribution in [1.29, 1.82) is 10.5 Å². The molecule has 4 aromatic heterocycles. The van der Waals surface area contributed by atoms with E-state index < -0.39 is 0 Å². The third-order valence-electron chi connectivity index (χ3n) is 27.7. The summed E-state index contributed by atoms with van der Waals surface area (Å²) < 4.78 is 9.54. The molecule has 606 valence electrons. The highest BCUT2D eigenvalue weighted by Gasteiger charge is 2.36. The Hall–Kier alpha value is -15.1. The number of rotatable bonds is 12. The van der Waals surface area contributed by atoms with Gasteiger partial charge in [0.2, 0.25) is 0 Å². The molecule has 126 heavy (non-hydrogen) atoms. The van der Waals surface area contributed by atoms with Gasteiger partial charge in [-0.25, -0.2) is 0 Å². The number of benzene rings is 17. The number of nitrogens with zero attached hydrogens (tertiary/aromatic N) is 6. The van der Waals surface area contributed by atoms with Crippen molar-refractivity contribution in [3.05, 3.63) is 391 Å². The molecule has 6 nitrogen and oxygen atoms in total. The Morgan fingerprint density at radius 3 is 0.373 bits per heavy atom. The molecule has 17 aromatic carbocycles. The second kappa shape index (κ2) is 29.9. The van der Waals surface area contributed by atoms with Gasteiger partial charge in [-0.15, -0.1) is 0 Å². The van der Waals surface area contributed by atoms with Crippen molar-refractivity contribution in [3.63, 3.8) is 0 Å². The van der Waals surface area contributed by atoms with E-state index in [1.807, 2.05) is 0 Å². The summed E-state index contributed by atoms with van der Waals surface area (Å²) in [6, 6.07) is 115. The van der Waals surface area contributed by atoms with Crippen LogP contribution in [0.2, 0.25) is 0 Å². The van der Waals surface area contributed by atoms with Crippen LogP contribution >= 0.6 is 0 Å². The zero-order chi connectivity index (χ0) is 86.8. The summed E-state index contributed by atoms with van der Waals surface area (Å²) in [6.45, 7) is 35.4. The first-order valence-electron chi connectivity index (χ1n) is 44.0. The van der Waals surface area contributed by atoms with E-state index in [0.717, 1.165) is 132 Å². The molecule has 0 aliphatic carbocycles. The van der Waals surface area contributed by atoms with Crippen LogP contribution in [0.1, 0.15) is 100 Å². The lowest BCUT2D eigenvalue weighted by molar-refractivity contribution is 1.02. The molecule has 0 atom stereocenters. The molecule has 0 fully saturated rings. The predicted molar refractivity (Wildman–Crippen MR) is 533 cm³/mol. The van der Waals surface area contributed by atoms with Crippen molar-refractivity contribution >= 4 is 87.2 Å². The molecular formula is C120H96N6. The SMILES string of the molecule is Cc1cccc(C)c1-c1ccc2c(c1)c1cc(-c3c(C)cccc3C)ccc1n2-c1c(C#N)c(-n2c3ccc(-c4c(C)cccc4C)cc3c3cc(-c4c(C)cccc4C)ccc32)c(-n2c3ccc(-c4c(C)cccc4C)cc3c3cc(-c4c(C)cccc4C)ccc32)c(C#N)c1-n1c2ccc(-c3c(C)cccc3C)cc2c2cc(-c3c(C)cccc3C)ccc21. The molecule has 0 unspecified atom stereocenters. The van der Waals surface area contributed by atoms with Crippen molar-refractivity contribution < 1.29 is 0 Å². The lowest BCUT2D eigenvalue weighted by Gasteiger charge is -2.27. The molecule has 0 spiro atoms. The van der Waals surface area contributed by atoms with E-state index in [1.54, 1.807) is 0 Å². The summed E-state index contributed by atoms with van der Waals surface area (Å²) >= 11 is 0. The number of aryl methyl sites for hydroxylation is 16. The van der Waals surface area contributed by atoms with Crippen LogP contribution in [-0.2, 0) is 0 Å². The highest BCUT2D eigenvalue weighted by Crippen LogP contribution is 2.53. The minimum absolute atomic E-state index is 0.371. The molecule has 0 N–H and O–H groups in total. The first-order chi connectivity index (χ1) is 61.1. The average Bonchev–Trinajstić information content (AvgIpc) is 1.50. The van der Waals surface area contributed by atoms with Crippen LogP contribution in [0, 0.1) is 133 Å². The van der Waals surface area contributed by atoms with Crippen LogP contribution in [0.3, 0.4) is 0 Å². The van der Waals surface area contributed by atoms with Crippen LogP contribution in [0.4, 0.5) is 0 Å². The van der Waals surface area contributed by atoms with Gasteiger partial charge in [-0.2, -0.15) is 10.5 Å². The van der Waals surface area contributed by atoms with Gasteiger partial charge in [-0.3, -0.25) is 0 Å². The zero-order valence-corrected chi connectivity index (χ0v) is 74.4. The highest BCUT2D eigenvalue weighted by atomic mass is 15.1. The standard InChI is InChI=1S/C120H96N6/c1-67-25-17-26-68(2)109(67)83-41-49-101-91(57-83)92-58-84(110-69(3)27-18-28-70(110)4)42-50-102(92)123(101)117-99(65-121)119(125-105-53-45-87(113-75(9)33-21-34-76(113)10)61-95(105)96-62-88(46-54-106(96)125)114-77(11)35-22-36-78(114)12)120(126-107-55-47-89(115-79(13)37-23-38-80(115)14)63-97(107)98-64-90(48-56-108(98)126)116-81(15)39-24-40-82(116)16)100(66-122)118(117)124-103-51-43-85(111-71(5)29-19-30-72(111)6)59-93(103)94-60-86(44-52-104(94)124)112-73(7)31-20-32-74(112)8/h17-64H,1-16H3. The smallest absolute Gasteiger partial charge is 0.104 e. The van der Waals surface area contributed by atoms with Crippen molar-refractivity contribution in [2.75, 3.05) is 0 Å². The Morgan fingerprint density at radius 1 is 0.159 bits per heavy atom. The third-order valence-corrected chi connectivity index (χ3v) is 27.7. The maximum absolute atomic E-state index is 14.1. The molecule has 0 saturated heterocycles. The predicted octanol–water partition coefficient (Wildman–Crippen LogP) is 32.1. The van der Waals surface area contributed by atoms with E-state index in [4.69, 9.17) is 0 Å². The van der Waals surface area contributed by atoms with Crippen molar-refractivity contribution in [2.45, 2.75) is 111 Å². The second-order valence-electron chi connectivity index (χ2n) is 35.7. The summed E-state index contributed by atoms with van der Waals surface area (Å²) in [7, 11) is 0. The molecule has 0 amide bonds. The van der Waals surface area contributed by atoms with Gasteiger partial charge in [0.15, 0.2) is 0 Å². The lowest BCUT2D eigenvalue weighted by atomic mass is 9.93. The van der Waals surface area contributed by atoms with Crippen LogP contribution in [0.5, 0.6) is 0 Å². The fraction of sp³-hybridized carbons (Fsp3) is 0.133. The Kier molecular flexibility index (Phi) is 18.5. The van der Waals surface area contributed by atoms with Gasteiger partial charge in [-0.05, 0) is 386 Å². The van der Waals surface area contributed by atoms with E-state index in [1.165, 1.54) is 134 Å². The number of fused-ring (bicyclic) bond motifs is 12. The van der Waals surface area contributed by atoms with Gasteiger partial charge < -0.3 is 18.3 Å². The molecule has 6 heteroatoms. The van der Waals surface area contributed by atoms with E-state index in [9.17, 15) is 10.5 Å². The molecule has 21 aromatic rings. The summed E-state index contributed by atoms with van der Waals surface area (Å²) in [4.78, 5) is 0. The molecule has 0 aliphatic heterocycles. The molecule has 0 radical (unpaired) electrons. The minimum Gasteiger partial charge on any atom is -0.306 e. The monoisotopic (exact) mass is 1620 g/mol. The van der Waals surface area contributed by atoms with Crippen LogP contribution < -0.4 is 0 Å². The maximum Gasteiger partial charge on any atom is 0.104 e. The first-order valence-corrected chi connectivity index (χ1v) is 44.0. The average molecular weight is 1620 g/mol. The molecule has 4 heterocycles. The molecule has 0 bridgehead atoms. The van der Waals surface area contributed by atoms with Gasteiger partial charge in [-0.1, -0.05) is 194 Å². The van der Waals surface area contributed by atoms with Gasteiger partial charge in [0.25, 0.3) is 0 Å². The summed E-state index contributed by atoms with van der Waals surface area (Å²) in [6.07, 6.45) is 0. The van der Waals surface area contributed by atoms with Crippen LogP contribution in [-0.4, -0.2) is 18.3 Å². The quantitative estimate of drug-likeness (QED) is 0.122. The van der Waals surface area contributed by atoms with Gasteiger partial charge in [0.1, 0.15) is 23.3 Å². The molecule has 0 aliphatic rings. The van der Waals surface area contributed by atoms with Crippen molar-refractivity contribution in [3.8, 4) is 124 Å². The van der Waals surface area contributed by atoms with E-state index in [2.05, 4.69) is 432 Å². The Balaban J connectivity index is 1.03. The maximum atomic E-state index is 14.1. The Bertz CT molecular complexity index is 6860.